The Morgan fingerprint density at radius 2 is 1.58 bits per heavy atom. The number of hydrogen-bond acceptors (Lipinski definition) is 4. The minimum Gasteiger partial charge on any atom is -0.270 e. The Morgan fingerprint density at radius 3 is 2.00 bits per heavy atom. The van der Waals surface area contributed by atoms with E-state index in [1.54, 1.807) is 0 Å². The van der Waals surface area contributed by atoms with Crippen molar-refractivity contribution in [1.82, 2.24) is 10.9 Å². The summed E-state index contributed by atoms with van der Waals surface area (Å²) in [4.78, 5) is 0. The van der Waals surface area contributed by atoms with Crippen molar-refractivity contribution in [3.8, 4) is 0 Å². The second-order valence-corrected chi connectivity index (χ2v) is 2.68. The van der Waals surface area contributed by atoms with Crippen molar-refractivity contribution < 1.29 is 0 Å². The standard InChI is InChI=1S/C8H14N4/c1-6-2-4-7(5-3-6)8(11-9)12-10/h2-5,8,11-12H,9-10H2,1H3. The molecular formula is C8H14N4. The van der Waals surface area contributed by atoms with E-state index in [1.807, 2.05) is 31.2 Å². The number of benzene rings is 1. The summed E-state index contributed by atoms with van der Waals surface area (Å²) in [5.74, 6) is 10.5. The SMILES string of the molecule is Cc1ccc(C(NN)NN)cc1. The molecule has 0 unspecified atom stereocenters. The molecule has 0 saturated heterocycles. The van der Waals surface area contributed by atoms with Crippen LogP contribution in [0.25, 0.3) is 0 Å². The summed E-state index contributed by atoms with van der Waals surface area (Å²) in [6.45, 7) is 2.03. The van der Waals surface area contributed by atoms with Gasteiger partial charge in [0.05, 0.1) is 0 Å². The summed E-state index contributed by atoms with van der Waals surface area (Å²) >= 11 is 0. The van der Waals surface area contributed by atoms with Crippen molar-refractivity contribution in [2.75, 3.05) is 0 Å². The summed E-state index contributed by atoms with van der Waals surface area (Å²) in [5, 5.41) is 0. The van der Waals surface area contributed by atoms with Crippen molar-refractivity contribution in [3.63, 3.8) is 0 Å². The molecule has 0 spiro atoms. The topological polar surface area (TPSA) is 76.1 Å². The van der Waals surface area contributed by atoms with E-state index < -0.39 is 0 Å². The van der Waals surface area contributed by atoms with Crippen LogP contribution in [-0.2, 0) is 0 Å². The molecule has 66 valence electrons. The molecule has 0 aliphatic carbocycles. The Morgan fingerprint density at radius 1 is 1.08 bits per heavy atom. The maximum atomic E-state index is 5.26. The molecule has 0 atom stereocenters. The van der Waals surface area contributed by atoms with E-state index in [2.05, 4.69) is 10.9 Å². The predicted octanol–water partition coefficient (Wildman–Crippen LogP) is -0.0798. The minimum absolute atomic E-state index is 0.189. The van der Waals surface area contributed by atoms with Crippen LogP contribution in [-0.4, -0.2) is 0 Å². The largest absolute Gasteiger partial charge is 0.270 e. The zero-order valence-corrected chi connectivity index (χ0v) is 7.04. The molecule has 0 amide bonds. The van der Waals surface area contributed by atoms with Gasteiger partial charge in [0.2, 0.25) is 0 Å². The lowest BCUT2D eigenvalue weighted by atomic mass is 10.1. The molecule has 0 saturated carbocycles. The van der Waals surface area contributed by atoms with Crippen LogP contribution in [0, 0.1) is 6.92 Å². The normalized spacial score (nSPS) is 10.7. The number of nitrogens with one attached hydrogen (secondary N) is 2. The predicted molar refractivity (Wildman–Crippen MR) is 48.6 cm³/mol. The first kappa shape index (κ1) is 9.15. The number of rotatable bonds is 3. The van der Waals surface area contributed by atoms with Gasteiger partial charge in [0.1, 0.15) is 6.17 Å². The Balaban J connectivity index is 2.80. The van der Waals surface area contributed by atoms with E-state index in [4.69, 9.17) is 11.7 Å². The maximum Gasteiger partial charge on any atom is 0.108 e. The van der Waals surface area contributed by atoms with Crippen LogP contribution < -0.4 is 22.5 Å². The van der Waals surface area contributed by atoms with Crippen molar-refractivity contribution >= 4 is 0 Å². The second-order valence-electron chi connectivity index (χ2n) is 2.68. The van der Waals surface area contributed by atoms with Crippen LogP contribution in [0.2, 0.25) is 0 Å². The third-order valence-corrected chi connectivity index (χ3v) is 1.74. The van der Waals surface area contributed by atoms with Gasteiger partial charge < -0.3 is 0 Å². The van der Waals surface area contributed by atoms with Crippen molar-refractivity contribution in [1.29, 1.82) is 0 Å². The summed E-state index contributed by atoms with van der Waals surface area (Å²) in [6.07, 6.45) is -0.189. The van der Waals surface area contributed by atoms with Gasteiger partial charge in [0, 0.05) is 0 Å². The Kier molecular flexibility index (Phi) is 3.19. The Labute approximate surface area is 71.9 Å². The molecule has 0 fully saturated rings. The minimum atomic E-state index is -0.189. The van der Waals surface area contributed by atoms with E-state index in [0.29, 0.717) is 0 Å². The summed E-state index contributed by atoms with van der Waals surface area (Å²) in [6, 6.07) is 7.97. The number of nitrogens with two attached hydrogens (primary N) is 2. The highest BCUT2D eigenvalue weighted by molar-refractivity contribution is 5.23. The van der Waals surface area contributed by atoms with Crippen LogP contribution in [0.5, 0.6) is 0 Å². The molecule has 4 nitrogen and oxygen atoms in total. The van der Waals surface area contributed by atoms with Crippen LogP contribution in [0.1, 0.15) is 17.3 Å². The lowest BCUT2D eigenvalue weighted by Crippen LogP contribution is -2.41. The zero-order valence-electron chi connectivity index (χ0n) is 7.04. The number of hydrazine groups is 2. The zero-order chi connectivity index (χ0) is 8.97. The fourth-order valence-electron chi connectivity index (χ4n) is 0.999. The highest BCUT2D eigenvalue weighted by Gasteiger charge is 2.04. The van der Waals surface area contributed by atoms with Gasteiger partial charge in [-0.05, 0) is 12.5 Å². The molecule has 12 heavy (non-hydrogen) atoms. The summed E-state index contributed by atoms with van der Waals surface area (Å²) in [5.41, 5.74) is 7.34. The highest BCUT2D eigenvalue weighted by atomic mass is 15.4. The van der Waals surface area contributed by atoms with Gasteiger partial charge >= 0.3 is 0 Å². The molecule has 1 rings (SSSR count). The van der Waals surface area contributed by atoms with Gasteiger partial charge in [0.15, 0.2) is 0 Å². The average molecular weight is 166 g/mol. The molecule has 0 heterocycles. The third-order valence-electron chi connectivity index (χ3n) is 1.74. The lowest BCUT2D eigenvalue weighted by molar-refractivity contribution is 0.461. The van der Waals surface area contributed by atoms with Gasteiger partial charge in [-0.25, -0.2) is 10.9 Å². The first-order valence-corrected chi connectivity index (χ1v) is 3.76. The van der Waals surface area contributed by atoms with Gasteiger partial charge in [-0.2, -0.15) is 0 Å². The van der Waals surface area contributed by atoms with Crippen molar-refractivity contribution in [3.05, 3.63) is 35.4 Å². The van der Waals surface area contributed by atoms with E-state index in [-0.39, 0.29) is 6.17 Å². The molecule has 0 aliphatic heterocycles. The molecule has 0 radical (unpaired) electrons. The first-order valence-electron chi connectivity index (χ1n) is 3.76. The van der Waals surface area contributed by atoms with E-state index in [0.717, 1.165) is 5.56 Å². The average Bonchev–Trinajstić information content (AvgIpc) is 2.10. The quantitative estimate of drug-likeness (QED) is 0.288. The molecular weight excluding hydrogens is 152 g/mol. The van der Waals surface area contributed by atoms with Crippen LogP contribution in [0.3, 0.4) is 0 Å². The second kappa shape index (κ2) is 4.18. The van der Waals surface area contributed by atoms with Crippen molar-refractivity contribution in [2.45, 2.75) is 13.1 Å². The smallest absolute Gasteiger partial charge is 0.108 e. The lowest BCUT2D eigenvalue weighted by Gasteiger charge is -2.14. The molecule has 1 aromatic rings. The molecule has 0 aromatic heterocycles. The Hall–Kier alpha value is -0.940. The summed E-state index contributed by atoms with van der Waals surface area (Å²) in [7, 11) is 0. The van der Waals surface area contributed by atoms with Gasteiger partial charge in [-0.1, -0.05) is 29.8 Å². The fourth-order valence-corrected chi connectivity index (χ4v) is 0.999. The number of hydrogen-bond donors (Lipinski definition) is 4. The van der Waals surface area contributed by atoms with E-state index in [9.17, 15) is 0 Å². The molecule has 1 aromatic carbocycles. The van der Waals surface area contributed by atoms with Gasteiger partial charge in [-0.3, -0.25) is 11.7 Å². The maximum absolute atomic E-state index is 5.26. The van der Waals surface area contributed by atoms with Gasteiger partial charge in [-0.15, -0.1) is 0 Å². The van der Waals surface area contributed by atoms with E-state index in [1.165, 1.54) is 5.56 Å². The summed E-state index contributed by atoms with van der Waals surface area (Å²) < 4.78 is 0. The third kappa shape index (κ3) is 2.02. The molecule has 6 N–H and O–H groups in total. The van der Waals surface area contributed by atoms with Crippen molar-refractivity contribution in [2.24, 2.45) is 11.7 Å². The van der Waals surface area contributed by atoms with Crippen LogP contribution in [0.15, 0.2) is 24.3 Å². The van der Waals surface area contributed by atoms with Gasteiger partial charge in [0.25, 0.3) is 0 Å². The van der Waals surface area contributed by atoms with Crippen LogP contribution in [0.4, 0.5) is 0 Å². The van der Waals surface area contributed by atoms with Crippen LogP contribution >= 0.6 is 0 Å². The molecule has 0 bridgehead atoms. The first-order chi connectivity index (χ1) is 5.77. The molecule has 4 heteroatoms. The monoisotopic (exact) mass is 166 g/mol. The Bertz CT molecular complexity index is 227. The van der Waals surface area contributed by atoms with E-state index >= 15 is 0 Å². The number of aryl methyl sites for hydroxylation is 1. The molecule has 0 aliphatic rings. The highest BCUT2D eigenvalue weighted by Crippen LogP contribution is 2.08. The fraction of sp³-hybridized carbons (Fsp3) is 0.250.